The van der Waals surface area contributed by atoms with Gasteiger partial charge in [0.1, 0.15) is 0 Å². The molecule has 0 unspecified atom stereocenters. The second-order valence-electron chi connectivity index (χ2n) is 4.31. The van der Waals surface area contributed by atoms with Gasteiger partial charge in [0.25, 0.3) is 0 Å². The standard InChI is InChI=1S/C13H18IN/c14-12-6-4-11(5-7-12)3-1-2-10-15-13-8-9-13/h4-7,13,15H,1-3,8-10H2. The first-order valence-corrected chi connectivity index (χ1v) is 6.90. The number of hydrogen-bond donors (Lipinski definition) is 1. The molecule has 15 heavy (non-hydrogen) atoms. The van der Waals surface area contributed by atoms with E-state index in [-0.39, 0.29) is 0 Å². The molecule has 1 aromatic carbocycles. The number of benzene rings is 1. The molecule has 1 nitrogen and oxygen atoms in total. The number of unbranched alkanes of at least 4 members (excludes halogenated alkanes) is 1. The molecule has 1 aromatic rings. The predicted octanol–water partition coefficient (Wildman–Crippen LogP) is 3.37. The van der Waals surface area contributed by atoms with Crippen LogP contribution in [0.1, 0.15) is 31.2 Å². The monoisotopic (exact) mass is 315 g/mol. The van der Waals surface area contributed by atoms with Gasteiger partial charge in [0, 0.05) is 9.61 Å². The van der Waals surface area contributed by atoms with Gasteiger partial charge in [0.05, 0.1) is 0 Å². The lowest BCUT2D eigenvalue weighted by molar-refractivity contribution is 0.620. The average molecular weight is 315 g/mol. The molecule has 0 amide bonds. The maximum absolute atomic E-state index is 3.55. The Balaban J connectivity index is 1.58. The summed E-state index contributed by atoms with van der Waals surface area (Å²) in [6, 6.07) is 9.74. The van der Waals surface area contributed by atoms with Crippen molar-refractivity contribution in [1.29, 1.82) is 0 Å². The maximum Gasteiger partial charge on any atom is 0.0130 e. The van der Waals surface area contributed by atoms with Crippen LogP contribution in [0.3, 0.4) is 0 Å². The van der Waals surface area contributed by atoms with Crippen LogP contribution >= 0.6 is 22.6 Å². The molecule has 1 aliphatic carbocycles. The Morgan fingerprint density at radius 3 is 2.53 bits per heavy atom. The summed E-state index contributed by atoms with van der Waals surface area (Å²) in [4.78, 5) is 0. The van der Waals surface area contributed by atoms with Gasteiger partial charge in [-0.05, 0) is 78.9 Å². The van der Waals surface area contributed by atoms with Crippen molar-refractivity contribution in [2.45, 2.75) is 38.1 Å². The zero-order valence-electron chi connectivity index (χ0n) is 9.01. The molecule has 0 spiro atoms. The molecule has 0 atom stereocenters. The Morgan fingerprint density at radius 2 is 1.87 bits per heavy atom. The fourth-order valence-corrected chi connectivity index (χ4v) is 2.06. The number of aryl methyl sites for hydroxylation is 1. The quantitative estimate of drug-likeness (QED) is 0.627. The van der Waals surface area contributed by atoms with E-state index in [0.717, 1.165) is 6.04 Å². The lowest BCUT2D eigenvalue weighted by Crippen LogP contribution is -2.17. The van der Waals surface area contributed by atoms with Crippen LogP contribution in [0.4, 0.5) is 0 Å². The Hall–Kier alpha value is -0.0900. The molecule has 1 saturated carbocycles. The molecule has 0 saturated heterocycles. The van der Waals surface area contributed by atoms with E-state index in [4.69, 9.17) is 0 Å². The number of nitrogens with one attached hydrogen (secondary N) is 1. The highest BCUT2D eigenvalue weighted by Gasteiger charge is 2.19. The first-order valence-electron chi connectivity index (χ1n) is 5.82. The third kappa shape index (κ3) is 4.51. The van der Waals surface area contributed by atoms with Crippen molar-refractivity contribution >= 4 is 22.6 Å². The lowest BCUT2D eigenvalue weighted by atomic mass is 10.1. The summed E-state index contributed by atoms with van der Waals surface area (Å²) in [5, 5.41) is 3.55. The second kappa shape index (κ2) is 5.85. The SMILES string of the molecule is Ic1ccc(CCCCNC2CC2)cc1. The van der Waals surface area contributed by atoms with Gasteiger partial charge < -0.3 is 5.32 Å². The van der Waals surface area contributed by atoms with Crippen LogP contribution in [0.5, 0.6) is 0 Å². The van der Waals surface area contributed by atoms with E-state index in [2.05, 4.69) is 52.2 Å². The molecule has 82 valence electrons. The molecule has 0 heterocycles. The van der Waals surface area contributed by atoms with E-state index in [1.807, 2.05) is 0 Å². The molecule has 1 N–H and O–H groups in total. The normalized spacial score (nSPS) is 15.5. The largest absolute Gasteiger partial charge is 0.314 e. The summed E-state index contributed by atoms with van der Waals surface area (Å²) in [7, 11) is 0. The van der Waals surface area contributed by atoms with Crippen molar-refractivity contribution < 1.29 is 0 Å². The van der Waals surface area contributed by atoms with E-state index in [9.17, 15) is 0 Å². The van der Waals surface area contributed by atoms with Crippen molar-refractivity contribution in [3.05, 3.63) is 33.4 Å². The number of halogens is 1. The van der Waals surface area contributed by atoms with Gasteiger partial charge in [-0.25, -0.2) is 0 Å². The molecule has 0 radical (unpaired) electrons. The van der Waals surface area contributed by atoms with E-state index < -0.39 is 0 Å². The van der Waals surface area contributed by atoms with Gasteiger partial charge in [-0.2, -0.15) is 0 Å². The third-order valence-corrected chi connectivity index (χ3v) is 3.54. The first-order chi connectivity index (χ1) is 7.34. The number of rotatable bonds is 6. The van der Waals surface area contributed by atoms with E-state index in [0.29, 0.717) is 0 Å². The average Bonchev–Trinajstić information content (AvgIpc) is 3.04. The Kier molecular flexibility index (Phi) is 4.44. The molecule has 0 bridgehead atoms. The first kappa shape index (κ1) is 11.4. The molecule has 1 fully saturated rings. The summed E-state index contributed by atoms with van der Waals surface area (Å²) in [6.45, 7) is 1.20. The minimum absolute atomic E-state index is 0.864. The van der Waals surface area contributed by atoms with Crippen molar-refractivity contribution in [1.82, 2.24) is 5.32 Å². The van der Waals surface area contributed by atoms with Crippen LogP contribution in [0.25, 0.3) is 0 Å². The van der Waals surface area contributed by atoms with Crippen LogP contribution in [-0.4, -0.2) is 12.6 Å². The molecule has 1 aliphatic rings. The van der Waals surface area contributed by atoms with Crippen molar-refractivity contribution in [2.24, 2.45) is 0 Å². The van der Waals surface area contributed by atoms with Gasteiger partial charge >= 0.3 is 0 Å². The third-order valence-electron chi connectivity index (χ3n) is 2.82. The highest BCUT2D eigenvalue weighted by molar-refractivity contribution is 14.1. The van der Waals surface area contributed by atoms with Gasteiger partial charge in [-0.15, -0.1) is 0 Å². The van der Waals surface area contributed by atoms with E-state index >= 15 is 0 Å². The van der Waals surface area contributed by atoms with Crippen LogP contribution in [0.2, 0.25) is 0 Å². The molecular formula is C13H18IN. The summed E-state index contributed by atoms with van der Waals surface area (Å²) < 4.78 is 1.33. The summed E-state index contributed by atoms with van der Waals surface area (Å²) in [6.07, 6.45) is 6.64. The zero-order valence-corrected chi connectivity index (χ0v) is 11.2. The van der Waals surface area contributed by atoms with Crippen molar-refractivity contribution in [2.75, 3.05) is 6.54 Å². The van der Waals surface area contributed by atoms with Crippen LogP contribution < -0.4 is 5.32 Å². The van der Waals surface area contributed by atoms with Gasteiger partial charge in [-0.3, -0.25) is 0 Å². The molecular weight excluding hydrogens is 297 g/mol. The predicted molar refractivity (Wildman–Crippen MR) is 73.1 cm³/mol. The van der Waals surface area contributed by atoms with Gasteiger partial charge in [0.2, 0.25) is 0 Å². The van der Waals surface area contributed by atoms with Crippen LogP contribution in [0.15, 0.2) is 24.3 Å². The van der Waals surface area contributed by atoms with Gasteiger partial charge in [0.15, 0.2) is 0 Å². The Bertz CT molecular complexity index is 290. The van der Waals surface area contributed by atoms with E-state index in [1.54, 1.807) is 0 Å². The van der Waals surface area contributed by atoms with Crippen LogP contribution in [-0.2, 0) is 6.42 Å². The Morgan fingerprint density at radius 1 is 1.13 bits per heavy atom. The summed E-state index contributed by atoms with van der Waals surface area (Å²) in [5.74, 6) is 0. The summed E-state index contributed by atoms with van der Waals surface area (Å²) >= 11 is 2.35. The smallest absolute Gasteiger partial charge is 0.0130 e. The fourth-order valence-electron chi connectivity index (χ4n) is 1.70. The minimum atomic E-state index is 0.864. The number of hydrogen-bond acceptors (Lipinski definition) is 1. The van der Waals surface area contributed by atoms with E-state index in [1.165, 1.54) is 47.8 Å². The molecule has 2 heteroatoms. The minimum Gasteiger partial charge on any atom is -0.314 e. The maximum atomic E-state index is 3.55. The highest BCUT2D eigenvalue weighted by atomic mass is 127. The molecule has 0 aliphatic heterocycles. The topological polar surface area (TPSA) is 12.0 Å². The fraction of sp³-hybridized carbons (Fsp3) is 0.538. The summed E-state index contributed by atoms with van der Waals surface area (Å²) in [5.41, 5.74) is 1.47. The highest BCUT2D eigenvalue weighted by Crippen LogP contribution is 2.18. The lowest BCUT2D eigenvalue weighted by Gasteiger charge is -2.03. The van der Waals surface area contributed by atoms with Crippen molar-refractivity contribution in [3.63, 3.8) is 0 Å². The Labute approximate surface area is 106 Å². The second-order valence-corrected chi connectivity index (χ2v) is 5.56. The molecule has 0 aromatic heterocycles. The van der Waals surface area contributed by atoms with Gasteiger partial charge in [-0.1, -0.05) is 12.1 Å². The molecule has 2 rings (SSSR count). The van der Waals surface area contributed by atoms with Crippen molar-refractivity contribution in [3.8, 4) is 0 Å². The van der Waals surface area contributed by atoms with Crippen LogP contribution in [0, 0.1) is 3.57 Å². The zero-order chi connectivity index (χ0) is 10.5.